The van der Waals surface area contributed by atoms with Crippen molar-refractivity contribution in [1.82, 2.24) is 9.97 Å². The van der Waals surface area contributed by atoms with Crippen molar-refractivity contribution in [1.29, 1.82) is 0 Å². The second-order valence-corrected chi connectivity index (χ2v) is 11.7. The summed E-state index contributed by atoms with van der Waals surface area (Å²) in [6.07, 6.45) is 0.310. The van der Waals surface area contributed by atoms with Crippen LogP contribution in [0.3, 0.4) is 0 Å². The number of thiophene rings is 2. The molecular formula is C29H30N2O9S2. The maximum atomic E-state index is 12.6. The number of ether oxygens (including phenoxy) is 4. The van der Waals surface area contributed by atoms with E-state index in [1.165, 1.54) is 43.8 Å². The largest absolute Gasteiger partial charge is 0.491 e. The minimum absolute atomic E-state index is 0.0271. The van der Waals surface area contributed by atoms with Crippen molar-refractivity contribution in [3.8, 4) is 23.3 Å². The first kappa shape index (κ1) is 30.8. The van der Waals surface area contributed by atoms with E-state index in [1.807, 2.05) is 0 Å². The number of hydrogen-bond acceptors (Lipinski definition) is 12. The topological polar surface area (TPSA) is 151 Å². The SMILES string of the molecule is COc1cc2sc(C(=O)CCC(=O)O)cc2nc1OCCCOc1nc2cc(C(=O)C[C@H](C)C(C)=O)sc2cc1OC. The molecule has 0 aliphatic heterocycles. The average Bonchev–Trinajstić information content (AvgIpc) is 3.58. The van der Waals surface area contributed by atoms with E-state index in [2.05, 4.69) is 9.97 Å². The van der Waals surface area contributed by atoms with Crippen molar-refractivity contribution < 1.29 is 43.2 Å². The number of ketones is 3. The molecule has 222 valence electrons. The van der Waals surface area contributed by atoms with Gasteiger partial charge in [-0.05, 0) is 19.1 Å². The molecular weight excluding hydrogens is 584 g/mol. The predicted molar refractivity (Wildman–Crippen MR) is 158 cm³/mol. The first-order valence-corrected chi connectivity index (χ1v) is 14.7. The summed E-state index contributed by atoms with van der Waals surface area (Å²) in [5, 5.41) is 8.83. The number of rotatable bonds is 16. The van der Waals surface area contributed by atoms with E-state index in [-0.39, 0.29) is 67.5 Å². The number of pyridine rings is 2. The Labute approximate surface area is 249 Å². The van der Waals surface area contributed by atoms with Gasteiger partial charge >= 0.3 is 5.97 Å². The number of methoxy groups -OCH3 is 2. The molecule has 4 aromatic heterocycles. The van der Waals surface area contributed by atoms with Gasteiger partial charge in [0.2, 0.25) is 0 Å². The van der Waals surface area contributed by atoms with Gasteiger partial charge in [0, 0.05) is 37.3 Å². The predicted octanol–water partition coefficient (Wildman–Crippen LogP) is 5.62. The van der Waals surface area contributed by atoms with Gasteiger partial charge < -0.3 is 24.1 Å². The van der Waals surface area contributed by atoms with Crippen molar-refractivity contribution in [2.45, 2.75) is 39.5 Å². The van der Waals surface area contributed by atoms with E-state index in [0.29, 0.717) is 38.7 Å². The van der Waals surface area contributed by atoms with Crippen molar-refractivity contribution >= 4 is 66.4 Å². The molecule has 0 radical (unpaired) electrons. The van der Waals surface area contributed by atoms with Gasteiger partial charge in [-0.15, -0.1) is 22.7 Å². The van der Waals surface area contributed by atoms with Crippen molar-refractivity contribution in [3.63, 3.8) is 0 Å². The maximum absolute atomic E-state index is 12.6. The molecule has 13 heteroatoms. The lowest BCUT2D eigenvalue weighted by Gasteiger charge is -2.11. The third-order valence-corrected chi connectivity index (χ3v) is 8.60. The fourth-order valence-electron chi connectivity index (χ4n) is 3.90. The number of carbonyl (C=O) groups excluding carboxylic acids is 3. The monoisotopic (exact) mass is 614 g/mol. The molecule has 0 saturated carbocycles. The van der Waals surface area contributed by atoms with Gasteiger partial charge in [0.15, 0.2) is 23.1 Å². The molecule has 0 aliphatic carbocycles. The molecule has 0 saturated heterocycles. The molecule has 1 N–H and O–H groups in total. The van der Waals surface area contributed by atoms with Crippen LogP contribution in [0.25, 0.3) is 20.4 Å². The van der Waals surface area contributed by atoms with Gasteiger partial charge in [-0.3, -0.25) is 19.2 Å². The van der Waals surface area contributed by atoms with Crippen LogP contribution < -0.4 is 18.9 Å². The molecule has 0 fully saturated rings. The van der Waals surface area contributed by atoms with Gasteiger partial charge in [0.05, 0.1) is 64.0 Å². The maximum Gasteiger partial charge on any atom is 0.303 e. The molecule has 42 heavy (non-hydrogen) atoms. The Bertz CT molecular complexity index is 1640. The lowest BCUT2D eigenvalue weighted by Crippen LogP contribution is -2.11. The smallest absolute Gasteiger partial charge is 0.303 e. The summed E-state index contributed by atoms with van der Waals surface area (Å²) in [4.78, 5) is 57.3. The molecule has 0 aromatic carbocycles. The van der Waals surface area contributed by atoms with Crippen molar-refractivity contribution in [2.75, 3.05) is 27.4 Å². The summed E-state index contributed by atoms with van der Waals surface area (Å²) >= 11 is 2.52. The van der Waals surface area contributed by atoms with Crippen LogP contribution in [-0.4, -0.2) is 65.8 Å². The highest BCUT2D eigenvalue weighted by atomic mass is 32.1. The average molecular weight is 615 g/mol. The first-order valence-electron chi connectivity index (χ1n) is 13.1. The summed E-state index contributed by atoms with van der Waals surface area (Å²) in [7, 11) is 3.00. The van der Waals surface area contributed by atoms with E-state index in [0.717, 1.165) is 9.40 Å². The summed E-state index contributed by atoms with van der Waals surface area (Å²) in [5.41, 5.74) is 1.15. The van der Waals surface area contributed by atoms with E-state index < -0.39 is 5.97 Å². The lowest BCUT2D eigenvalue weighted by molar-refractivity contribution is -0.137. The third kappa shape index (κ3) is 7.39. The first-order chi connectivity index (χ1) is 20.1. The van der Waals surface area contributed by atoms with Gasteiger partial charge in [-0.1, -0.05) is 6.92 Å². The molecule has 0 bridgehead atoms. The Morgan fingerprint density at radius 1 is 0.810 bits per heavy atom. The Kier molecular flexibility index (Phi) is 10.1. The Balaban J connectivity index is 1.37. The van der Waals surface area contributed by atoms with Crippen molar-refractivity contribution in [2.24, 2.45) is 5.92 Å². The third-order valence-electron chi connectivity index (χ3n) is 6.38. The number of hydrogen-bond donors (Lipinski definition) is 1. The molecule has 0 spiro atoms. The number of Topliss-reactive ketones (excluding diaryl/α,β-unsaturated/α-hetero) is 3. The molecule has 0 unspecified atom stereocenters. The summed E-state index contributed by atoms with van der Waals surface area (Å²) < 4.78 is 24.1. The number of nitrogens with zero attached hydrogens (tertiary/aromatic N) is 2. The van der Waals surface area contributed by atoms with Crippen LogP contribution in [0.15, 0.2) is 24.3 Å². The number of carboxylic acid groups (broad SMARTS) is 1. The number of aliphatic carboxylic acids is 1. The van der Waals surface area contributed by atoms with E-state index >= 15 is 0 Å². The second-order valence-electron chi connectivity index (χ2n) is 9.49. The minimum Gasteiger partial charge on any atom is -0.491 e. The van der Waals surface area contributed by atoms with Gasteiger partial charge in [-0.2, -0.15) is 0 Å². The highest BCUT2D eigenvalue weighted by Gasteiger charge is 2.20. The van der Waals surface area contributed by atoms with E-state index in [1.54, 1.807) is 31.2 Å². The van der Waals surface area contributed by atoms with Crippen LogP contribution in [0.1, 0.15) is 58.9 Å². The molecule has 0 amide bonds. The molecule has 4 rings (SSSR count). The highest BCUT2D eigenvalue weighted by Crippen LogP contribution is 2.36. The standard InChI is InChI=1S/C29H30N2O9S2/c1-15(16(2)32)10-20(34)26-12-18-24(42-26)14-22(38-4)29(31-18)40-9-5-8-39-28-21(37-3)13-23-17(30-28)11-25(41-23)19(33)6-7-27(35)36/h11-15H,5-10H2,1-4H3,(H,35,36)/t15-/m0/s1. The number of carboxylic acids is 1. The zero-order chi connectivity index (χ0) is 30.4. The van der Waals surface area contributed by atoms with Crippen LogP contribution in [0, 0.1) is 5.92 Å². The van der Waals surface area contributed by atoms with Gasteiger partial charge in [0.1, 0.15) is 5.78 Å². The molecule has 11 nitrogen and oxygen atoms in total. The second kappa shape index (κ2) is 13.7. The Morgan fingerprint density at radius 3 is 1.76 bits per heavy atom. The quantitative estimate of drug-likeness (QED) is 0.124. The summed E-state index contributed by atoms with van der Waals surface area (Å²) in [6.45, 7) is 3.72. The van der Waals surface area contributed by atoms with E-state index in [4.69, 9.17) is 24.1 Å². The van der Waals surface area contributed by atoms with Gasteiger partial charge in [0.25, 0.3) is 11.8 Å². The fourth-order valence-corrected chi connectivity index (χ4v) is 5.88. The number of fused-ring (bicyclic) bond motifs is 2. The lowest BCUT2D eigenvalue weighted by atomic mass is 10.0. The van der Waals surface area contributed by atoms with E-state index in [9.17, 15) is 19.2 Å². The normalized spacial score (nSPS) is 11.8. The summed E-state index contributed by atoms with van der Waals surface area (Å²) in [5.74, 6) is -0.368. The highest BCUT2D eigenvalue weighted by molar-refractivity contribution is 7.21. The Morgan fingerprint density at radius 2 is 1.31 bits per heavy atom. The van der Waals surface area contributed by atoms with Gasteiger partial charge in [-0.25, -0.2) is 9.97 Å². The zero-order valence-corrected chi connectivity index (χ0v) is 25.2. The van der Waals surface area contributed by atoms with Crippen LogP contribution in [0.5, 0.6) is 23.3 Å². The Hall–Kier alpha value is -4.10. The summed E-state index contributed by atoms with van der Waals surface area (Å²) in [6, 6.07) is 6.84. The molecule has 4 aromatic rings. The zero-order valence-electron chi connectivity index (χ0n) is 23.6. The van der Waals surface area contributed by atoms with Crippen LogP contribution in [0.4, 0.5) is 0 Å². The fraction of sp³-hybridized carbons (Fsp3) is 0.379. The molecule has 4 heterocycles. The van der Waals surface area contributed by atoms with Crippen molar-refractivity contribution in [3.05, 3.63) is 34.0 Å². The molecule has 1 atom stereocenters. The van der Waals surface area contributed by atoms with Crippen LogP contribution in [0.2, 0.25) is 0 Å². The van der Waals surface area contributed by atoms with Crippen LogP contribution in [-0.2, 0) is 9.59 Å². The minimum atomic E-state index is -1.03. The van der Waals surface area contributed by atoms with Crippen LogP contribution >= 0.6 is 22.7 Å². The number of aromatic nitrogens is 2. The number of carbonyl (C=O) groups is 4. The molecule has 0 aliphatic rings.